The van der Waals surface area contributed by atoms with E-state index in [0.717, 1.165) is 56.1 Å². The normalized spacial score (nSPS) is 12.9. The van der Waals surface area contributed by atoms with E-state index in [1.165, 1.54) is 60.3 Å². The zero-order chi connectivity index (χ0) is 43.2. The molecule has 0 aliphatic heterocycles. The molecule has 0 radical (unpaired) electrons. The van der Waals surface area contributed by atoms with E-state index in [-0.39, 0.29) is 5.41 Å². The lowest BCUT2D eigenvalue weighted by atomic mass is 9.80. The van der Waals surface area contributed by atoms with Gasteiger partial charge in [0.25, 0.3) is 0 Å². The van der Waals surface area contributed by atoms with Crippen LogP contribution in [0, 0.1) is 0 Å². The number of aromatic nitrogens is 4. The summed E-state index contributed by atoms with van der Waals surface area (Å²) in [4.78, 5) is 10.7. The van der Waals surface area contributed by atoms with Crippen LogP contribution in [0.4, 0.5) is 0 Å². The summed E-state index contributed by atoms with van der Waals surface area (Å²) in [5.74, 6) is 0.673. The molecule has 4 nitrogen and oxygen atoms in total. The van der Waals surface area contributed by atoms with Gasteiger partial charge in [0.15, 0.2) is 5.82 Å². The molecule has 13 rings (SSSR count). The van der Waals surface area contributed by atoms with Crippen LogP contribution in [-0.2, 0) is 5.41 Å². The van der Waals surface area contributed by atoms with Crippen LogP contribution in [0.2, 0.25) is 0 Å². The van der Waals surface area contributed by atoms with Gasteiger partial charge < -0.3 is 9.13 Å². The summed E-state index contributed by atoms with van der Waals surface area (Å²) in [5.41, 5.74) is 19.0. The first-order valence-corrected chi connectivity index (χ1v) is 22.4. The monoisotopic (exact) mass is 830 g/mol. The third-order valence-corrected chi connectivity index (χ3v) is 13.7. The van der Waals surface area contributed by atoms with Crippen LogP contribution in [0.25, 0.3) is 111 Å². The number of fused-ring (bicyclic) bond motifs is 10. The molecule has 3 aromatic heterocycles. The Kier molecular flexibility index (Phi) is 8.22. The average molecular weight is 831 g/mol. The molecule has 0 amide bonds. The minimum atomic E-state index is -0.201. The van der Waals surface area contributed by atoms with Crippen LogP contribution >= 0.6 is 0 Å². The maximum Gasteiger partial charge on any atom is 0.160 e. The minimum absolute atomic E-state index is 0.201. The molecular weight excluding hydrogens is 789 g/mol. The summed E-state index contributed by atoms with van der Waals surface area (Å²) in [6, 6.07) is 78.8. The molecule has 306 valence electrons. The Balaban J connectivity index is 1.13. The van der Waals surface area contributed by atoms with Crippen molar-refractivity contribution in [3.05, 3.63) is 230 Å². The van der Waals surface area contributed by atoms with Crippen LogP contribution in [-0.4, -0.2) is 19.1 Å². The van der Waals surface area contributed by atoms with Crippen molar-refractivity contribution >= 4 is 43.6 Å². The molecule has 65 heavy (non-hydrogen) atoms. The summed E-state index contributed by atoms with van der Waals surface area (Å²) >= 11 is 0. The Labute approximate surface area is 377 Å². The Morgan fingerprint density at radius 2 is 0.846 bits per heavy atom. The van der Waals surface area contributed by atoms with Gasteiger partial charge in [0.2, 0.25) is 0 Å². The molecule has 4 heteroatoms. The zero-order valence-corrected chi connectivity index (χ0v) is 36.1. The van der Waals surface area contributed by atoms with Crippen molar-refractivity contribution in [2.24, 2.45) is 0 Å². The van der Waals surface area contributed by atoms with Gasteiger partial charge in [-0.2, -0.15) is 0 Å². The van der Waals surface area contributed by atoms with Crippen LogP contribution in [0.5, 0.6) is 0 Å². The summed E-state index contributed by atoms with van der Waals surface area (Å²) in [6.45, 7) is 4.78. The molecule has 0 atom stereocenters. The van der Waals surface area contributed by atoms with Gasteiger partial charge in [-0.25, -0.2) is 9.97 Å². The van der Waals surface area contributed by atoms with Crippen LogP contribution in [0.3, 0.4) is 0 Å². The van der Waals surface area contributed by atoms with Gasteiger partial charge in [-0.3, -0.25) is 0 Å². The van der Waals surface area contributed by atoms with Crippen LogP contribution in [0.1, 0.15) is 25.0 Å². The average Bonchev–Trinajstić information content (AvgIpc) is 3.97. The minimum Gasteiger partial charge on any atom is -0.309 e. The Morgan fingerprint density at radius 3 is 1.51 bits per heavy atom. The van der Waals surface area contributed by atoms with Crippen molar-refractivity contribution in [2.75, 3.05) is 0 Å². The SMILES string of the molecule is CC1(C)c2ccccc2-c2ccc3c(c21)c1ccccc1n3-c1cc(-c2nc(-c3ccccc3)cc(-c3ccccc3)n2)ccc1-c1ccccc1-n1c2ccccc2c2ccccc21. The molecule has 12 aromatic rings. The fraction of sp³-hybridized carbons (Fsp3) is 0.0492. The molecule has 9 aromatic carbocycles. The predicted octanol–water partition coefficient (Wildman–Crippen LogP) is 15.6. The van der Waals surface area contributed by atoms with Gasteiger partial charge in [0.05, 0.1) is 44.8 Å². The predicted molar refractivity (Wildman–Crippen MR) is 270 cm³/mol. The van der Waals surface area contributed by atoms with Gasteiger partial charge in [-0.15, -0.1) is 0 Å². The molecule has 1 aliphatic rings. The quantitative estimate of drug-likeness (QED) is 0.167. The van der Waals surface area contributed by atoms with Crippen molar-refractivity contribution in [2.45, 2.75) is 19.3 Å². The van der Waals surface area contributed by atoms with E-state index in [9.17, 15) is 0 Å². The Hall–Kier alpha value is -8.34. The van der Waals surface area contributed by atoms with Crippen LogP contribution in [0.15, 0.2) is 218 Å². The van der Waals surface area contributed by atoms with Gasteiger partial charge >= 0.3 is 0 Å². The molecule has 0 spiro atoms. The fourth-order valence-corrected chi connectivity index (χ4v) is 10.8. The van der Waals surface area contributed by atoms with Gasteiger partial charge in [-0.05, 0) is 64.7 Å². The first-order chi connectivity index (χ1) is 32.0. The Morgan fingerprint density at radius 1 is 0.354 bits per heavy atom. The van der Waals surface area contributed by atoms with E-state index < -0.39 is 0 Å². The highest BCUT2D eigenvalue weighted by Crippen LogP contribution is 2.54. The van der Waals surface area contributed by atoms with E-state index in [1.807, 2.05) is 12.1 Å². The molecule has 0 N–H and O–H groups in total. The molecule has 0 bridgehead atoms. The molecule has 0 saturated heterocycles. The smallest absolute Gasteiger partial charge is 0.160 e. The number of benzene rings is 9. The summed E-state index contributed by atoms with van der Waals surface area (Å²) in [6.07, 6.45) is 0. The number of para-hydroxylation sites is 4. The van der Waals surface area contributed by atoms with Gasteiger partial charge in [0.1, 0.15) is 0 Å². The molecular formula is C61H42N4. The van der Waals surface area contributed by atoms with E-state index in [2.05, 4.69) is 229 Å². The number of hydrogen-bond donors (Lipinski definition) is 0. The second-order valence-corrected chi connectivity index (χ2v) is 17.7. The number of nitrogens with zero attached hydrogens (tertiary/aromatic N) is 4. The number of hydrogen-bond acceptors (Lipinski definition) is 2. The summed E-state index contributed by atoms with van der Waals surface area (Å²) in [5, 5.41) is 5.00. The molecule has 0 saturated carbocycles. The van der Waals surface area contributed by atoms with E-state index >= 15 is 0 Å². The maximum atomic E-state index is 5.34. The van der Waals surface area contributed by atoms with Crippen molar-refractivity contribution in [1.82, 2.24) is 19.1 Å². The summed E-state index contributed by atoms with van der Waals surface area (Å²) < 4.78 is 4.94. The Bertz CT molecular complexity index is 3740. The second-order valence-electron chi connectivity index (χ2n) is 17.7. The third kappa shape index (κ3) is 5.63. The first kappa shape index (κ1) is 37.2. The molecule has 0 fully saturated rings. The van der Waals surface area contributed by atoms with E-state index in [1.54, 1.807) is 0 Å². The highest BCUT2D eigenvalue weighted by molar-refractivity contribution is 6.15. The summed E-state index contributed by atoms with van der Waals surface area (Å²) in [7, 11) is 0. The zero-order valence-electron chi connectivity index (χ0n) is 36.1. The highest BCUT2D eigenvalue weighted by atomic mass is 15.0. The first-order valence-electron chi connectivity index (χ1n) is 22.4. The van der Waals surface area contributed by atoms with Crippen molar-refractivity contribution in [1.29, 1.82) is 0 Å². The lowest BCUT2D eigenvalue weighted by Crippen LogP contribution is -2.15. The molecule has 1 aliphatic carbocycles. The van der Waals surface area contributed by atoms with E-state index in [4.69, 9.17) is 9.97 Å². The standard InChI is InChI=1S/C61H42N4/c1-61(2)49-28-14-9-23-42(49)47-35-36-56-58(59(47)61)48-27-13-18-32-55(48)65(56)57-37-41(60-62-50(39-19-5-3-6-20-39)38-51(63-60)40-21-7-4-8-22-40)33-34-46(57)45-26-12-17-31-54(45)64-52-29-15-10-24-43(52)44-25-11-16-30-53(44)64/h3-38H,1-2H3. The molecule has 0 unspecified atom stereocenters. The largest absolute Gasteiger partial charge is 0.309 e. The lowest BCUT2D eigenvalue weighted by Gasteiger charge is -2.23. The van der Waals surface area contributed by atoms with Gasteiger partial charge in [0, 0.05) is 54.8 Å². The second kappa shape index (κ2) is 14.3. The maximum absolute atomic E-state index is 5.34. The van der Waals surface area contributed by atoms with Crippen molar-refractivity contribution in [3.63, 3.8) is 0 Å². The fourth-order valence-electron chi connectivity index (χ4n) is 10.8. The molecule has 3 heterocycles. The topological polar surface area (TPSA) is 35.6 Å². The number of rotatable bonds is 6. The van der Waals surface area contributed by atoms with E-state index in [0.29, 0.717) is 5.82 Å². The van der Waals surface area contributed by atoms with Gasteiger partial charge in [-0.1, -0.05) is 190 Å². The van der Waals surface area contributed by atoms with Crippen molar-refractivity contribution in [3.8, 4) is 67.5 Å². The van der Waals surface area contributed by atoms with Crippen LogP contribution < -0.4 is 0 Å². The van der Waals surface area contributed by atoms with Crippen molar-refractivity contribution < 1.29 is 0 Å². The third-order valence-electron chi connectivity index (χ3n) is 13.7. The highest BCUT2D eigenvalue weighted by Gasteiger charge is 2.38. The lowest BCUT2D eigenvalue weighted by molar-refractivity contribution is 0.666.